The van der Waals surface area contributed by atoms with Crippen molar-refractivity contribution in [1.82, 2.24) is 0 Å². The Kier molecular flexibility index (Phi) is 3.82. The largest absolute Gasteiger partial charge is 0.383 e. The fraction of sp³-hybridized carbons (Fsp3) is 0.0909. The van der Waals surface area contributed by atoms with Crippen molar-refractivity contribution in [3.63, 3.8) is 0 Å². The van der Waals surface area contributed by atoms with Crippen LogP contribution in [0.15, 0.2) is 40.2 Å². The van der Waals surface area contributed by atoms with E-state index in [-0.39, 0.29) is 0 Å². The molecular weight excluding hydrogens is 387 g/mol. The molecule has 15 heavy (non-hydrogen) atoms. The van der Waals surface area contributed by atoms with E-state index in [1.807, 2.05) is 35.7 Å². The summed E-state index contributed by atoms with van der Waals surface area (Å²) >= 11 is 7.24. The molecule has 78 valence electrons. The maximum absolute atomic E-state index is 10.1. The van der Waals surface area contributed by atoms with Crippen LogP contribution in [0, 0.1) is 3.57 Å². The first-order chi connectivity index (χ1) is 7.18. The van der Waals surface area contributed by atoms with Gasteiger partial charge in [-0.15, -0.1) is 11.3 Å². The normalized spacial score (nSPS) is 12.7. The van der Waals surface area contributed by atoms with Crippen LogP contribution in [-0.4, -0.2) is 5.11 Å². The fourth-order valence-corrected chi connectivity index (χ4v) is 3.26. The van der Waals surface area contributed by atoms with E-state index < -0.39 is 6.10 Å². The SMILES string of the molecule is OC(c1ccc(I)cc1)c1sccc1Br. The second-order valence-corrected chi connectivity index (χ2v) is 6.13. The van der Waals surface area contributed by atoms with Crippen LogP contribution in [0.3, 0.4) is 0 Å². The average Bonchev–Trinajstić information content (AvgIpc) is 2.65. The van der Waals surface area contributed by atoms with E-state index in [9.17, 15) is 5.11 Å². The number of halogens is 2. The lowest BCUT2D eigenvalue weighted by Gasteiger charge is -2.09. The van der Waals surface area contributed by atoms with Crippen LogP contribution in [0.25, 0.3) is 0 Å². The van der Waals surface area contributed by atoms with Crippen LogP contribution >= 0.6 is 49.9 Å². The van der Waals surface area contributed by atoms with Crippen LogP contribution < -0.4 is 0 Å². The minimum Gasteiger partial charge on any atom is -0.383 e. The van der Waals surface area contributed by atoms with Crippen molar-refractivity contribution >= 4 is 49.9 Å². The van der Waals surface area contributed by atoms with Crippen molar-refractivity contribution in [1.29, 1.82) is 0 Å². The maximum Gasteiger partial charge on any atom is 0.114 e. The third-order valence-corrected chi connectivity index (χ3v) is 4.72. The second-order valence-electron chi connectivity index (χ2n) is 3.09. The quantitative estimate of drug-likeness (QED) is 0.757. The molecule has 0 aliphatic carbocycles. The van der Waals surface area contributed by atoms with E-state index in [4.69, 9.17) is 0 Å². The van der Waals surface area contributed by atoms with Crippen LogP contribution in [0.2, 0.25) is 0 Å². The highest BCUT2D eigenvalue weighted by Gasteiger charge is 2.14. The van der Waals surface area contributed by atoms with Gasteiger partial charge in [0.05, 0.1) is 4.88 Å². The van der Waals surface area contributed by atoms with Gasteiger partial charge in [0.25, 0.3) is 0 Å². The minimum atomic E-state index is -0.531. The molecule has 0 amide bonds. The maximum atomic E-state index is 10.1. The third-order valence-electron chi connectivity index (χ3n) is 2.08. The molecule has 1 aromatic carbocycles. The Morgan fingerprint density at radius 2 is 1.87 bits per heavy atom. The molecule has 0 fully saturated rings. The highest BCUT2D eigenvalue weighted by Crippen LogP contribution is 2.33. The standard InChI is InChI=1S/C11H8BrIOS/c12-9-5-6-15-11(9)10(14)7-1-3-8(13)4-2-7/h1-6,10,14H. The molecule has 0 spiro atoms. The molecule has 0 aliphatic heterocycles. The molecule has 2 rings (SSSR count). The van der Waals surface area contributed by atoms with Crippen molar-refractivity contribution in [3.05, 3.63) is 54.2 Å². The van der Waals surface area contributed by atoms with E-state index >= 15 is 0 Å². The second kappa shape index (κ2) is 4.95. The number of rotatable bonds is 2. The summed E-state index contributed by atoms with van der Waals surface area (Å²) in [6, 6.07) is 9.87. The highest BCUT2D eigenvalue weighted by atomic mass is 127. The summed E-state index contributed by atoms with van der Waals surface area (Å²) in [5, 5.41) is 12.1. The summed E-state index contributed by atoms with van der Waals surface area (Å²) in [7, 11) is 0. The molecule has 4 heteroatoms. The van der Waals surface area contributed by atoms with Crippen LogP contribution in [0.5, 0.6) is 0 Å². The molecule has 0 radical (unpaired) electrons. The van der Waals surface area contributed by atoms with E-state index in [2.05, 4.69) is 38.5 Å². The molecule has 1 aromatic heterocycles. The van der Waals surface area contributed by atoms with Crippen molar-refractivity contribution in [3.8, 4) is 0 Å². The van der Waals surface area contributed by atoms with Gasteiger partial charge in [0, 0.05) is 8.04 Å². The lowest BCUT2D eigenvalue weighted by atomic mass is 10.1. The van der Waals surface area contributed by atoms with Gasteiger partial charge in [-0.3, -0.25) is 0 Å². The molecule has 0 aliphatic rings. The molecule has 1 atom stereocenters. The first-order valence-corrected chi connectivity index (χ1v) is 7.10. The van der Waals surface area contributed by atoms with E-state index in [0.717, 1.165) is 14.9 Å². The van der Waals surface area contributed by atoms with Crippen molar-refractivity contribution < 1.29 is 5.11 Å². The summed E-state index contributed by atoms with van der Waals surface area (Å²) in [5.41, 5.74) is 0.929. The molecule has 1 heterocycles. The fourth-order valence-electron chi connectivity index (χ4n) is 1.30. The Morgan fingerprint density at radius 3 is 2.40 bits per heavy atom. The zero-order chi connectivity index (χ0) is 10.8. The van der Waals surface area contributed by atoms with E-state index in [1.165, 1.54) is 3.57 Å². The number of thiophene rings is 1. The van der Waals surface area contributed by atoms with Crippen molar-refractivity contribution in [2.75, 3.05) is 0 Å². The first kappa shape index (κ1) is 11.6. The highest BCUT2D eigenvalue weighted by molar-refractivity contribution is 14.1. The molecule has 1 nitrogen and oxygen atoms in total. The summed E-state index contributed by atoms with van der Waals surface area (Å²) in [6.45, 7) is 0. The molecule has 0 bridgehead atoms. The van der Waals surface area contributed by atoms with Gasteiger partial charge < -0.3 is 5.11 Å². The number of hydrogen-bond donors (Lipinski definition) is 1. The molecule has 1 unspecified atom stereocenters. The smallest absolute Gasteiger partial charge is 0.114 e. The topological polar surface area (TPSA) is 20.2 Å². The zero-order valence-electron chi connectivity index (χ0n) is 7.65. The Bertz CT molecular complexity index is 452. The summed E-state index contributed by atoms with van der Waals surface area (Å²) in [4.78, 5) is 0.955. The number of aliphatic hydroxyl groups excluding tert-OH is 1. The van der Waals surface area contributed by atoms with Gasteiger partial charge in [-0.05, 0) is 67.7 Å². The molecule has 0 saturated heterocycles. The zero-order valence-corrected chi connectivity index (χ0v) is 12.2. The predicted molar refractivity (Wildman–Crippen MR) is 75.2 cm³/mol. The van der Waals surface area contributed by atoms with Gasteiger partial charge >= 0.3 is 0 Å². The Labute approximate surface area is 114 Å². The summed E-state index contributed by atoms with van der Waals surface area (Å²) in [5.74, 6) is 0. The minimum absolute atomic E-state index is 0.531. The lowest BCUT2D eigenvalue weighted by Crippen LogP contribution is -1.97. The Morgan fingerprint density at radius 1 is 1.20 bits per heavy atom. The van der Waals surface area contributed by atoms with Crippen LogP contribution in [0.4, 0.5) is 0 Å². The van der Waals surface area contributed by atoms with Gasteiger partial charge in [-0.2, -0.15) is 0 Å². The lowest BCUT2D eigenvalue weighted by molar-refractivity contribution is 0.223. The monoisotopic (exact) mass is 394 g/mol. The average molecular weight is 395 g/mol. The summed E-state index contributed by atoms with van der Waals surface area (Å²) in [6.07, 6.45) is -0.531. The van der Waals surface area contributed by atoms with E-state index in [1.54, 1.807) is 11.3 Å². The van der Waals surface area contributed by atoms with Gasteiger partial charge in [0.1, 0.15) is 6.10 Å². The molecule has 2 aromatic rings. The van der Waals surface area contributed by atoms with Crippen LogP contribution in [-0.2, 0) is 0 Å². The number of hydrogen-bond acceptors (Lipinski definition) is 2. The van der Waals surface area contributed by atoms with Gasteiger partial charge in [0.2, 0.25) is 0 Å². The Balaban J connectivity index is 2.32. The molecular formula is C11H8BrIOS. The van der Waals surface area contributed by atoms with Gasteiger partial charge in [-0.25, -0.2) is 0 Å². The first-order valence-electron chi connectivity index (χ1n) is 4.35. The number of benzene rings is 1. The summed E-state index contributed by atoms with van der Waals surface area (Å²) < 4.78 is 2.15. The Hall–Kier alpha value is 0.0900. The van der Waals surface area contributed by atoms with Crippen molar-refractivity contribution in [2.24, 2.45) is 0 Å². The van der Waals surface area contributed by atoms with E-state index in [0.29, 0.717) is 0 Å². The predicted octanol–water partition coefficient (Wildman–Crippen LogP) is 4.20. The van der Waals surface area contributed by atoms with Crippen molar-refractivity contribution in [2.45, 2.75) is 6.10 Å². The molecule has 1 N–H and O–H groups in total. The molecule has 0 saturated carbocycles. The third kappa shape index (κ3) is 2.61. The van der Waals surface area contributed by atoms with Gasteiger partial charge in [0.15, 0.2) is 0 Å². The van der Waals surface area contributed by atoms with Gasteiger partial charge in [-0.1, -0.05) is 12.1 Å². The van der Waals surface area contributed by atoms with Crippen LogP contribution in [0.1, 0.15) is 16.5 Å². The number of aliphatic hydroxyl groups is 1.